The number of nitrogens with one attached hydrogen (secondary N) is 1. The lowest BCUT2D eigenvalue weighted by Crippen LogP contribution is -2.13. The fourth-order valence-corrected chi connectivity index (χ4v) is 4.40. The summed E-state index contributed by atoms with van der Waals surface area (Å²) >= 11 is 9.23. The molecule has 0 amide bonds. The van der Waals surface area contributed by atoms with Crippen LogP contribution in [-0.4, -0.2) is 28.3 Å². The number of nitriles is 1. The van der Waals surface area contributed by atoms with E-state index in [9.17, 15) is 4.57 Å². The monoisotopic (exact) mass is 435 g/mol. The minimum Gasteiger partial charge on any atom is -0.339 e. The van der Waals surface area contributed by atoms with Crippen molar-refractivity contribution < 1.29 is 4.57 Å². The van der Waals surface area contributed by atoms with Gasteiger partial charge in [0.25, 0.3) is 0 Å². The second-order valence-corrected chi connectivity index (χ2v) is 9.99. The summed E-state index contributed by atoms with van der Waals surface area (Å²) in [6.07, 6.45) is 1.54. The Hall–Kier alpha value is -2.00. The Morgan fingerprint density at radius 2 is 2.00 bits per heavy atom. The molecule has 0 unspecified atom stereocenters. The van der Waals surface area contributed by atoms with Gasteiger partial charge in [0.05, 0.1) is 15.7 Å². The Labute approximate surface area is 157 Å². The molecule has 0 aliphatic carbocycles. The third-order valence-electron chi connectivity index (χ3n) is 3.46. The highest BCUT2D eigenvalue weighted by Gasteiger charge is 2.21. The largest absolute Gasteiger partial charge is 0.339 e. The quantitative estimate of drug-likeness (QED) is 0.486. The molecule has 3 aromatic rings. The van der Waals surface area contributed by atoms with Gasteiger partial charge in [-0.3, -0.25) is 0 Å². The van der Waals surface area contributed by atoms with Crippen molar-refractivity contribution in [2.24, 2.45) is 0 Å². The summed E-state index contributed by atoms with van der Waals surface area (Å²) in [5.74, 6) is 0.468. The summed E-state index contributed by atoms with van der Waals surface area (Å²) in [5, 5.41) is 13.7. The number of pyridine rings is 1. The Morgan fingerprint density at radius 3 is 2.68 bits per heavy atom. The first-order valence-corrected chi connectivity index (χ1v) is 10.9. The lowest BCUT2D eigenvalue weighted by molar-refractivity contribution is 0.588. The second-order valence-electron chi connectivity index (χ2n) is 5.65. The average Bonchev–Trinajstić information content (AvgIpc) is 2.56. The molecule has 3 rings (SSSR count). The van der Waals surface area contributed by atoms with Crippen LogP contribution in [0.4, 0.5) is 11.5 Å². The van der Waals surface area contributed by atoms with Gasteiger partial charge in [0.2, 0.25) is 5.28 Å². The van der Waals surface area contributed by atoms with E-state index in [-0.39, 0.29) is 5.28 Å². The Balaban J connectivity index is 2.23. The summed E-state index contributed by atoms with van der Waals surface area (Å²) in [5.41, 5.74) is 1.57. The van der Waals surface area contributed by atoms with Gasteiger partial charge in [-0.15, -0.1) is 0 Å². The van der Waals surface area contributed by atoms with Crippen LogP contribution in [0.2, 0.25) is 5.28 Å². The second kappa shape index (κ2) is 6.72. The molecule has 0 atom stereocenters. The van der Waals surface area contributed by atoms with Gasteiger partial charge < -0.3 is 9.88 Å². The number of nitrogens with zero attached hydrogens (tertiary/aromatic N) is 4. The van der Waals surface area contributed by atoms with Crippen molar-refractivity contribution in [3.05, 3.63) is 45.9 Å². The van der Waals surface area contributed by atoms with Crippen LogP contribution < -0.4 is 10.6 Å². The van der Waals surface area contributed by atoms with Gasteiger partial charge >= 0.3 is 0 Å². The van der Waals surface area contributed by atoms with Crippen LogP contribution in [-0.2, 0) is 4.57 Å². The molecule has 1 aromatic carbocycles. The normalized spacial score (nSPS) is 11.3. The summed E-state index contributed by atoms with van der Waals surface area (Å²) in [4.78, 5) is 12.3. The Bertz CT molecular complexity index is 1080. The van der Waals surface area contributed by atoms with Crippen LogP contribution in [0.5, 0.6) is 0 Å². The Kier molecular flexibility index (Phi) is 4.79. The van der Waals surface area contributed by atoms with Gasteiger partial charge in [-0.2, -0.15) is 10.2 Å². The molecule has 6 nitrogen and oxygen atoms in total. The van der Waals surface area contributed by atoms with E-state index in [1.165, 1.54) is 6.20 Å². The lowest BCUT2D eigenvalue weighted by atomic mass is 10.1. The van der Waals surface area contributed by atoms with E-state index >= 15 is 0 Å². The Morgan fingerprint density at radius 1 is 1.24 bits per heavy atom. The van der Waals surface area contributed by atoms with E-state index in [4.69, 9.17) is 16.9 Å². The zero-order valence-electron chi connectivity index (χ0n) is 13.3. The highest BCUT2D eigenvalue weighted by atomic mass is 79.9. The average molecular weight is 437 g/mol. The van der Waals surface area contributed by atoms with Gasteiger partial charge in [0.1, 0.15) is 24.7 Å². The van der Waals surface area contributed by atoms with E-state index in [1.54, 1.807) is 37.6 Å². The van der Waals surface area contributed by atoms with Gasteiger partial charge in [0, 0.05) is 16.9 Å². The van der Waals surface area contributed by atoms with E-state index in [0.717, 1.165) is 5.39 Å². The van der Waals surface area contributed by atoms with E-state index < -0.39 is 7.14 Å². The highest BCUT2D eigenvalue weighted by Crippen LogP contribution is 2.41. The maximum atomic E-state index is 12.9. The molecule has 0 saturated heterocycles. The van der Waals surface area contributed by atoms with Crippen molar-refractivity contribution >= 4 is 62.4 Å². The summed E-state index contributed by atoms with van der Waals surface area (Å²) in [7, 11) is -2.67. The number of anilines is 2. The van der Waals surface area contributed by atoms with Crippen LogP contribution in [0, 0.1) is 11.3 Å². The number of benzene rings is 1. The predicted octanol–water partition coefficient (Wildman–Crippen LogP) is 4.30. The van der Waals surface area contributed by atoms with Crippen molar-refractivity contribution in [1.29, 1.82) is 5.26 Å². The van der Waals surface area contributed by atoms with E-state index in [1.807, 2.05) is 6.07 Å². The third-order valence-corrected chi connectivity index (χ3v) is 5.78. The molecule has 1 N–H and O–H groups in total. The fraction of sp³-hybridized carbons (Fsp3) is 0.125. The molecule has 9 heteroatoms. The van der Waals surface area contributed by atoms with Crippen molar-refractivity contribution in [2.45, 2.75) is 0 Å². The van der Waals surface area contributed by atoms with Crippen LogP contribution in [0.3, 0.4) is 0 Å². The minimum atomic E-state index is -2.67. The lowest BCUT2D eigenvalue weighted by Gasteiger charge is -2.18. The number of hydrogen-bond acceptors (Lipinski definition) is 6. The smallest absolute Gasteiger partial charge is 0.224 e. The molecule has 2 aromatic heterocycles. The van der Waals surface area contributed by atoms with Gasteiger partial charge in [0.15, 0.2) is 0 Å². The molecule has 0 aliphatic heterocycles. The molecule has 2 heterocycles. The first-order valence-electron chi connectivity index (χ1n) is 7.14. The molecular formula is C16H12BrClN5OP. The molecule has 126 valence electrons. The van der Waals surface area contributed by atoms with Crippen molar-refractivity contribution in [1.82, 2.24) is 15.0 Å². The van der Waals surface area contributed by atoms with Crippen LogP contribution in [0.1, 0.15) is 5.69 Å². The number of halogens is 2. The first kappa shape index (κ1) is 17.8. The van der Waals surface area contributed by atoms with E-state index in [2.05, 4.69) is 36.2 Å². The molecule has 0 spiro atoms. The molecular weight excluding hydrogens is 425 g/mol. The zero-order chi connectivity index (χ0) is 18.2. The molecule has 25 heavy (non-hydrogen) atoms. The van der Waals surface area contributed by atoms with Crippen molar-refractivity contribution in [3.63, 3.8) is 0 Å². The number of aromatic nitrogens is 3. The molecule has 0 saturated carbocycles. The van der Waals surface area contributed by atoms with Crippen LogP contribution in [0.25, 0.3) is 10.9 Å². The summed E-state index contributed by atoms with van der Waals surface area (Å²) < 4.78 is 13.6. The standard InChI is InChI=1S/C16H12BrClN5OP/c1-25(2,24)14-10-4-3-9(7-19)21-12(10)5-6-13(14)22-15-11(17)8-20-16(18)23-15/h3-6,8H,1-2H3,(H,20,22,23). The van der Waals surface area contributed by atoms with E-state index in [0.29, 0.717) is 32.5 Å². The maximum Gasteiger partial charge on any atom is 0.224 e. The van der Waals surface area contributed by atoms with Gasteiger partial charge in [-0.1, -0.05) is 0 Å². The number of rotatable bonds is 3. The summed E-state index contributed by atoms with van der Waals surface area (Å²) in [6.45, 7) is 3.38. The minimum absolute atomic E-state index is 0.101. The zero-order valence-corrected chi connectivity index (χ0v) is 16.5. The third kappa shape index (κ3) is 3.67. The van der Waals surface area contributed by atoms with Crippen molar-refractivity contribution in [2.75, 3.05) is 18.6 Å². The molecule has 0 aliphatic rings. The van der Waals surface area contributed by atoms with Crippen LogP contribution in [0.15, 0.2) is 34.9 Å². The van der Waals surface area contributed by atoms with Crippen LogP contribution >= 0.6 is 34.7 Å². The maximum absolute atomic E-state index is 12.9. The SMILES string of the molecule is CP(C)(=O)c1c(Nc2nc(Cl)ncc2Br)ccc2nc(C#N)ccc12. The highest BCUT2D eigenvalue weighted by molar-refractivity contribution is 9.10. The molecule has 0 bridgehead atoms. The summed E-state index contributed by atoms with van der Waals surface area (Å²) in [6, 6.07) is 8.94. The van der Waals surface area contributed by atoms with Gasteiger partial charge in [-0.05, 0) is 65.1 Å². The molecule has 0 fully saturated rings. The fourth-order valence-electron chi connectivity index (χ4n) is 2.49. The first-order chi connectivity index (χ1) is 11.8. The molecule has 0 radical (unpaired) electrons. The topological polar surface area (TPSA) is 91.6 Å². The number of hydrogen-bond donors (Lipinski definition) is 1. The predicted molar refractivity (Wildman–Crippen MR) is 104 cm³/mol. The van der Waals surface area contributed by atoms with Crippen molar-refractivity contribution in [3.8, 4) is 6.07 Å². The number of fused-ring (bicyclic) bond motifs is 1. The van der Waals surface area contributed by atoms with Gasteiger partial charge in [-0.25, -0.2) is 9.97 Å².